The van der Waals surface area contributed by atoms with E-state index in [1.807, 2.05) is 6.07 Å². The summed E-state index contributed by atoms with van der Waals surface area (Å²) < 4.78 is 20.5. The van der Waals surface area contributed by atoms with Gasteiger partial charge in [0.05, 0.1) is 16.1 Å². The van der Waals surface area contributed by atoms with E-state index in [4.69, 9.17) is 10.6 Å². The summed E-state index contributed by atoms with van der Waals surface area (Å²) in [4.78, 5) is 0. The Morgan fingerprint density at radius 3 is 2.63 bits per heavy atom. The Kier molecular flexibility index (Phi) is 4.95. The molecule has 5 heteroatoms. The molecule has 1 aliphatic carbocycles. The lowest BCUT2D eigenvalue weighted by Crippen LogP contribution is -2.49. The zero-order valence-corrected chi connectivity index (χ0v) is 12.7. The number of nitrogens with two attached hydrogens (primary N) is 1. The van der Waals surface area contributed by atoms with E-state index in [0.29, 0.717) is 10.0 Å². The summed E-state index contributed by atoms with van der Waals surface area (Å²) in [5, 5.41) is 0. The summed E-state index contributed by atoms with van der Waals surface area (Å²) in [6.45, 7) is 0. The fourth-order valence-corrected chi connectivity index (χ4v) is 3.41. The molecule has 2 rings (SSSR count). The van der Waals surface area contributed by atoms with Crippen LogP contribution in [0.15, 0.2) is 22.7 Å². The number of halogens is 2. The van der Waals surface area contributed by atoms with Crippen LogP contribution in [0.1, 0.15) is 43.7 Å². The van der Waals surface area contributed by atoms with Crippen LogP contribution in [-0.4, -0.2) is 12.7 Å². The van der Waals surface area contributed by atoms with E-state index in [-0.39, 0.29) is 11.9 Å². The third kappa shape index (κ3) is 2.84. The van der Waals surface area contributed by atoms with Gasteiger partial charge in [0, 0.05) is 12.7 Å². The molecule has 1 aromatic carbocycles. The molecule has 0 aliphatic heterocycles. The number of benzene rings is 1. The first-order valence-electron chi connectivity index (χ1n) is 6.60. The Morgan fingerprint density at radius 1 is 1.37 bits per heavy atom. The number of nitrogens with one attached hydrogen (secondary N) is 1. The van der Waals surface area contributed by atoms with Gasteiger partial charge in [-0.2, -0.15) is 0 Å². The molecule has 3 nitrogen and oxygen atoms in total. The third-order valence-electron chi connectivity index (χ3n) is 4.09. The van der Waals surface area contributed by atoms with Crippen LogP contribution in [-0.2, 0) is 4.74 Å². The summed E-state index contributed by atoms with van der Waals surface area (Å²) in [6, 6.07) is 4.93. The van der Waals surface area contributed by atoms with Crippen LogP contribution < -0.4 is 11.3 Å². The first kappa shape index (κ1) is 14.9. The predicted molar refractivity (Wildman–Crippen MR) is 77.0 cm³/mol. The second-order valence-electron chi connectivity index (χ2n) is 5.07. The fourth-order valence-electron chi connectivity index (χ4n) is 3.03. The van der Waals surface area contributed by atoms with E-state index in [2.05, 4.69) is 21.4 Å². The second kappa shape index (κ2) is 6.31. The molecule has 0 radical (unpaired) electrons. The Morgan fingerprint density at radius 2 is 2.05 bits per heavy atom. The van der Waals surface area contributed by atoms with Crippen molar-refractivity contribution in [3.8, 4) is 0 Å². The van der Waals surface area contributed by atoms with E-state index in [1.54, 1.807) is 19.2 Å². The summed E-state index contributed by atoms with van der Waals surface area (Å²) in [5.74, 6) is 5.43. The lowest BCUT2D eigenvalue weighted by atomic mass is 9.76. The lowest BCUT2D eigenvalue weighted by Gasteiger charge is -2.42. The smallest absolute Gasteiger partial charge is 0.142 e. The number of methoxy groups -OCH3 is 1. The molecule has 3 N–H and O–H groups in total. The number of rotatable bonds is 4. The minimum absolute atomic E-state index is 0.271. The van der Waals surface area contributed by atoms with Gasteiger partial charge >= 0.3 is 0 Å². The van der Waals surface area contributed by atoms with Crippen LogP contribution in [0.4, 0.5) is 4.39 Å². The van der Waals surface area contributed by atoms with Gasteiger partial charge in [-0.05, 0) is 34.8 Å². The molecule has 1 atom stereocenters. The standard InChI is InChI=1S/C14H20BrFN2O/c1-19-14(8-3-2-4-9-14)13(18-17)10-6-5-7-11(15)12(10)16/h5-7,13,18H,2-4,8-9,17H2,1H3. The molecule has 1 saturated carbocycles. The molecule has 0 amide bonds. The molecule has 1 fully saturated rings. The van der Waals surface area contributed by atoms with Crippen molar-refractivity contribution in [2.45, 2.75) is 43.7 Å². The van der Waals surface area contributed by atoms with Crippen LogP contribution in [0.25, 0.3) is 0 Å². The average Bonchev–Trinajstić information content (AvgIpc) is 2.45. The molecule has 0 spiro atoms. The zero-order valence-electron chi connectivity index (χ0n) is 11.1. The first-order valence-corrected chi connectivity index (χ1v) is 7.39. The molecule has 106 valence electrons. The van der Waals surface area contributed by atoms with Gasteiger partial charge in [0.25, 0.3) is 0 Å². The first-order chi connectivity index (χ1) is 9.14. The van der Waals surface area contributed by atoms with E-state index >= 15 is 0 Å². The summed E-state index contributed by atoms with van der Waals surface area (Å²) in [6.07, 6.45) is 5.15. The molecule has 0 bridgehead atoms. The van der Waals surface area contributed by atoms with Crippen molar-refractivity contribution < 1.29 is 9.13 Å². The predicted octanol–water partition coefficient (Wildman–Crippen LogP) is 3.44. The van der Waals surface area contributed by atoms with Crippen molar-refractivity contribution in [2.24, 2.45) is 5.84 Å². The summed E-state index contributed by atoms with van der Waals surface area (Å²) >= 11 is 3.22. The molecule has 0 aromatic heterocycles. The van der Waals surface area contributed by atoms with Gasteiger partial charge < -0.3 is 4.74 Å². The van der Waals surface area contributed by atoms with E-state index in [0.717, 1.165) is 25.7 Å². The van der Waals surface area contributed by atoms with Gasteiger partial charge in [0.1, 0.15) is 5.82 Å². The molecule has 19 heavy (non-hydrogen) atoms. The van der Waals surface area contributed by atoms with Gasteiger partial charge in [-0.25, -0.2) is 9.82 Å². The Hall–Kier alpha value is -0.490. The van der Waals surface area contributed by atoms with Gasteiger partial charge in [-0.15, -0.1) is 0 Å². The largest absolute Gasteiger partial charge is 0.376 e. The maximum absolute atomic E-state index is 14.3. The molecule has 1 aromatic rings. The molecule has 1 aliphatic rings. The zero-order chi connectivity index (χ0) is 13.9. The highest BCUT2D eigenvalue weighted by atomic mass is 79.9. The monoisotopic (exact) mass is 330 g/mol. The highest BCUT2D eigenvalue weighted by Gasteiger charge is 2.41. The van der Waals surface area contributed by atoms with Gasteiger partial charge in [0.15, 0.2) is 0 Å². The fraction of sp³-hybridized carbons (Fsp3) is 0.571. The van der Waals surface area contributed by atoms with Crippen LogP contribution in [0.3, 0.4) is 0 Å². The topological polar surface area (TPSA) is 47.3 Å². The number of hydrogen-bond donors (Lipinski definition) is 2. The Labute approximate surface area is 121 Å². The second-order valence-corrected chi connectivity index (χ2v) is 5.93. The average molecular weight is 331 g/mol. The van der Waals surface area contributed by atoms with Gasteiger partial charge in [-0.3, -0.25) is 5.84 Å². The molecular weight excluding hydrogens is 311 g/mol. The Bertz CT molecular complexity index is 435. The normalized spacial score (nSPS) is 20.2. The maximum atomic E-state index is 14.3. The minimum Gasteiger partial charge on any atom is -0.376 e. The van der Waals surface area contributed by atoms with Crippen LogP contribution >= 0.6 is 15.9 Å². The van der Waals surface area contributed by atoms with Crippen molar-refractivity contribution in [1.82, 2.24) is 5.43 Å². The van der Waals surface area contributed by atoms with E-state index in [1.165, 1.54) is 6.42 Å². The van der Waals surface area contributed by atoms with Crippen LogP contribution in [0.2, 0.25) is 0 Å². The molecule has 0 saturated heterocycles. The molecule has 1 unspecified atom stereocenters. The SMILES string of the molecule is COC1(C(NN)c2cccc(Br)c2F)CCCCC1. The van der Waals surface area contributed by atoms with Crippen LogP contribution in [0, 0.1) is 5.82 Å². The third-order valence-corrected chi connectivity index (χ3v) is 4.70. The van der Waals surface area contributed by atoms with Crippen molar-refractivity contribution in [1.29, 1.82) is 0 Å². The summed E-state index contributed by atoms with van der Waals surface area (Å²) in [5.41, 5.74) is 2.90. The van der Waals surface area contributed by atoms with Crippen molar-refractivity contribution in [3.05, 3.63) is 34.1 Å². The number of hydrazine groups is 1. The lowest BCUT2D eigenvalue weighted by molar-refractivity contribution is -0.0696. The van der Waals surface area contributed by atoms with Crippen molar-refractivity contribution in [2.75, 3.05) is 7.11 Å². The highest BCUT2D eigenvalue weighted by molar-refractivity contribution is 9.10. The van der Waals surface area contributed by atoms with Crippen LogP contribution in [0.5, 0.6) is 0 Å². The van der Waals surface area contributed by atoms with Gasteiger partial charge in [-0.1, -0.05) is 31.4 Å². The number of ether oxygens (including phenoxy) is 1. The summed E-state index contributed by atoms with van der Waals surface area (Å²) in [7, 11) is 1.69. The Balaban J connectivity index is 2.40. The number of hydrogen-bond acceptors (Lipinski definition) is 3. The minimum atomic E-state index is -0.422. The maximum Gasteiger partial charge on any atom is 0.142 e. The van der Waals surface area contributed by atoms with Crippen molar-refractivity contribution in [3.63, 3.8) is 0 Å². The molecular formula is C14H20BrFN2O. The van der Waals surface area contributed by atoms with E-state index < -0.39 is 5.60 Å². The quantitative estimate of drug-likeness (QED) is 0.656. The van der Waals surface area contributed by atoms with Crippen molar-refractivity contribution >= 4 is 15.9 Å². The van der Waals surface area contributed by atoms with Gasteiger partial charge in [0.2, 0.25) is 0 Å². The highest BCUT2D eigenvalue weighted by Crippen LogP contribution is 2.42. The molecule has 0 heterocycles. The van der Waals surface area contributed by atoms with E-state index in [9.17, 15) is 4.39 Å².